The number of carbonyl (C=O) groups is 2. The maximum atomic E-state index is 12.2. The number of hydrogen-bond donors (Lipinski definition) is 0. The molecule has 0 spiro atoms. The topological polar surface area (TPSA) is 46.6 Å². The van der Waals surface area contributed by atoms with Crippen molar-refractivity contribution in [3.05, 3.63) is 17.5 Å². The van der Waals surface area contributed by atoms with Crippen molar-refractivity contribution in [3.8, 4) is 0 Å². The summed E-state index contributed by atoms with van der Waals surface area (Å²) in [5.74, 6) is 0.0917. The predicted octanol–water partition coefficient (Wildman–Crippen LogP) is 2.39. The van der Waals surface area contributed by atoms with Crippen molar-refractivity contribution in [1.82, 2.24) is 4.90 Å². The van der Waals surface area contributed by atoms with Gasteiger partial charge in [-0.15, -0.1) is 23.1 Å². The Morgan fingerprint density at radius 2 is 2.32 bits per heavy atom. The quantitative estimate of drug-likeness (QED) is 0.573. The molecule has 0 atom stereocenters. The van der Waals surface area contributed by atoms with E-state index < -0.39 is 0 Å². The Bertz CT molecular complexity index is 429. The summed E-state index contributed by atoms with van der Waals surface area (Å²) >= 11 is 3.15. The highest BCUT2D eigenvalue weighted by molar-refractivity contribution is 8.01. The van der Waals surface area contributed by atoms with Crippen LogP contribution in [0.5, 0.6) is 0 Å². The zero-order valence-corrected chi connectivity index (χ0v) is 12.5. The summed E-state index contributed by atoms with van der Waals surface area (Å²) < 4.78 is 6.04. The van der Waals surface area contributed by atoms with Crippen molar-refractivity contribution < 1.29 is 14.3 Å². The van der Waals surface area contributed by atoms with Crippen LogP contribution in [-0.4, -0.2) is 41.7 Å². The highest BCUT2D eigenvalue weighted by Crippen LogP contribution is 2.29. The fourth-order valence-electron chi connectivity index (χ4n) is 1.71. The second kappa shape index (κ2) is 6.96. The van der Waals surface area contributed by atoms with Gasteiger partial charge >= 0.3 is 5.97 Å². The molecule has 1 aliphatic carbocycles. The van der Waals surface area contributed by atoms with Gasteiger partial charge in [-0.3, -0.25) is 9.59 Å². The average Bonchev–Trinajstić information content (AvgIpc) is 3.09. The van der Waals surface area contributed by atoms with Crippen LogP contribution >= 0.6 is 23.1 Å². The summed E-state index contributed by atoms with van der Waals surface area (Å²) in [6, 6.07) is 4.20. The summed E-state index contributed by atoms with van der Waals surface area (Å²) in [6.45, 7) is 2.21. The number of nitrogens with zero attached hydrogens (tertiary/aromatic N) is 1. The lowest BCUT2D eigenvalue weighted by Gasteiger charge is -2.20. The minimum Gasteiger partial charge on any atom is -0.465 e. The van der Waals surface area contributed by atoms with Crippen molar-refractivity contribution in [1.29, 1.82) is 0 Å². The van der Waals surface area contributed by atoms with E-state index in [1.807, 2.05) is 17.5 Å². The van der Waals surface area contributed by atoms with E-state index in [1.54, 1.807) is 23.2 Å². The maximum absolute atomic E-state index is 12.2. The molecule has 1 amide bonds. The SMILES string of the molecule is CCOC(=O)CN(C(=O)CSc1cccs1)C1CC1. The van der Waals surface area contributed by atoms with Crippen molar-refractivity contribution in [2.45, 2.75) is 30.0 Å². The first-order valence-electron chi connectivity index (χ1n) is 6.32. The lowest BCUT2D eigenvalue weighted by atomic mass is 10.4. The lowest BCUT2D eigenvalue weighted by molar-refractivity contribution is -0.148. The Hall–Kier alpha value is -1.01. The van der Waals surface area contributed by atoms with E-state index in [-0.39, 0.29) is 24.5 Å². The van der Waals surface area contributed by atoms with Gasteiger partial charge in [0.1, 0.15) is 6.54 Å². The number of amides is 1. The number of rotatable bonds is 7. The molecule has 1 aromatic rings. The molecular weight excluding hydrogens is 282 g/mol. The second-order valence-electron chi connectivity index (χ2n) is 4.28. The molecule has 0 radical (unpaired) electrons. The molecule has 0 unspecified atom stereocenters. The van der Waals surface area contributed by atoms with Gasteiger partial charge in [0.15, 0.2) is 0 Å². The number of thioether (sulfide) groups is 1. The zero-order valence-electron chi connectivity index (χ0n) is 10.8. The Labute approximate surface area is 121 Å². The summed E-state index contributed by atoms with van der Waals surface area (Å²) in [7, 11) is 0. The van der Waals surface area contributed by atoms with Crippen LogP contribution in [0.15, 0.2) is 21.7 Å². The highest BCUT2D eigenvalue weighted by Gasteiger charge is 2.33. The third kappa shape index (κ3) is 4.54. The Kier molecular flexibility index (Phi) is 5.27. The minimum atomic E-state index is -0.316. The maximum Gasteiger partial charge on any atom is 0.325 e. The van der Waals surface area contributed by atoms with Gasteiger partial charge in [-0.2, -0.15) is 0 Å². The first kappa shape index (κ1) is 14.4. The smallest absolute Gasteiger partial charge is 0.325 e. The Morgan fingerprint density at radius 3 is 2.89 bits per heavy atom. The molecule has 1 fully saturated rings. The van der Waals surface area contributed by atoms with Gasteiger partial charge in [-0.25, -0.2) is 0 Å². The molecule has 1 heterocycles. The minimum absolute atomic E-state index is 0.0222. The predicted molar refractivity (Wildman–Crippen MR) is 76.4 cm³/mol. The average molecular weight is 299 g/mol. The number of carbonyl (C=O) groups excluding carboxylic acids is 2. The molecule has 0 N–H and O–H groups in total. The standard InChI is InChI=1S/C13H17NO3S2/c1-2-17-12(16)8-14(10-5-6-10)11(15)9-19-13-4-3-7-18-13/h3-4,7,10H,2,5-6,8-9H2,1H3. The van der Waals surface area contributed by atoms with E-state index in [0.717, 1.165) is 17.1 Å². The van der Waals surface area contributed by atoms with E-state index in [0.29, 0.717) is 12.4 Å². The first-order valence-corrected chi connectivity index (χ1v) is 8.18. The molecule has 4 nitrogen and oxygen atoms in total. The summed E-state index contributed by atoms with van der Waals surface area (Å²) in [4.78, 5) is 25.3. The molecule has 1 saturated carbocycles. The van der Waals surface area contributed by atoms with Gasteiger partial charge in [0, 0.05) is 6.04 Å². The monoisotopic (exact) mass is 299 g/mol. The van der Waals surface area contributed by atoms with Gasteiger partial charge in [-0.05, 0) is 31.2 Å². The summed E-state index contributed by atoms with van der Waals surface area (Å²) in [6.07, 6.45) is 1.99. The van der Waals surface area contributed by atoms with Crippen LogP contribution in [0.4, 0.5) is 0 Å². The Balaban J connectivity index is 1.84. The van der Waals surface area contributed by atoms with Crippen molar-refractivity contribution >= 4 is 35.0 Å². The number of ether oxygens (including phenoxy) is 1. The fourth-order valence-corrected chi connectivity index (χ4v) is 3.38. The molecule has 19 heavy (non-hydrogen) atoms. The van der Waals surface area contributed by atoms with E-state index >= 15 is 0 Å². The van der Waals surface area contributed by atoms with E-state index in [2.05, 4.69) is 0 Å². The van der Waals surface area contributed by atoms with Crippen LogP contribution in [0, 0.1) is 0 Å². The van der Waals surface area contributed by atoms with E-state index in [4.69, 9.17) is 4.74 Å². The molecule has 2 rings (SSSR count). The van der Waals surface area contributed by atoms with Crippen LogP contribution in [0.3, 0.4) is 0 Å². The second-order valence-corrected chi connectivity index (χ2v) is 6.50. The molecule has 0 aliphatic heterocycles. The van der Waals surface area contributed by atoms with E-state index in [9.17, 15) is 9.59 Å². The fraction of sp³-hybridized carbons (Fsp3) is 0.538. The lowest BCUT2D eigenvalue weighted by Crippen LogP contribution is -2.39. The van der Waals surface area contributed by atoms with Crippen molar-refractivity contribution in [2.24, 2.45) is 0 Å². The molecule has 0 aromatic carbocycles. The van der Waals surface area contributed by atoms with Crippen molar-refractivity contribution in [3.63, 3.8) is 0 Å². The van der Waals surface area contributed by atoms with Crippen LogP contribution < -0.4 is 0 Å². The van der Waals surface area contributed by atoms with E-state index in [1.165, 1.54) is 11.8 Å². The van der Waals surface area contributed by atoms with Gasteiger partial charge in [0.2, 0.25) is 5.91 Å². The number of hydrogen-bond acceptors (Lipinski definition) is 5. The first-order chi connectivity index (χ1) is 9.20. The molecule has 1 aromatic heterocycles. The zero-order chi connectivity index (χ0) is 13.7. The molecule has 104 valence electrons. The van der Waals surface area contributed by atoms with Gasteiger partial charge in [0.25, 0.3) is 0 Å². The van der Waals surface area contributed by atoms with Crippen LogP contribution in [0.25, 0.3) is 0 Å². The van der Waals surface area contributed by atoms with Crippen molar-refractivity contribution in [2.75, 3.05) is 18.9 Å². The molecule has 1 aliphatic rings. The summed E-state index contributed by atoms with van der Waals surface area (Å²) in [5, 5.41) is 1.99. The van der Waals surface area contributed by atoms with Crippen LogP contribution in [0.2, 0.25) is 0 Å². The number of thiophene rings is 1. The Morgan fingerprint density at radius 1 is 1.53 bits per heavy atom. The van der Waals surface area contributed by atoms with Gasteiger partial charge in [0.05, 0.1) is 16.6 Å². The number of esters is 1. The summed E-state index contributed by atoms with van der Waals surface area (Å²) in [5.41, 5.74) is 0. The molecule has 0 bridgehead atoms. The van der Waals surface area contributed by atoms with Crippen LogP contribution in [0.1, 0.15) is 19.8 Å². The molecule has 6 heteroatoms. The third-order valence-corrected chi connectivity index (χ3v) is 4.86. The molecular formula is C13H17NO3S2. The normalized spacial score (nSPS) is 14.2. The van der Waals surface area contributed by atoms with Crippen LogP contribution in [-0.2, 0) is 14.3 Å². The third-order valence-electron chi connectivity index (χ3n) is 2.75. The van der Waals surface area contributed by atoms with Gasteiger partial charge in [-0.1, -0.05) is 6.07 Å². The van der Waals surface area contributed by atoms with Gasteiger partial charge < -0.3 is 9.64 Å². The largest absolute Gasteiger partial charge is 0.465 e. The molecule has 0 saturated heterocycles. The highest BCUT2D eigenvalue weighted by atomic mass is 32.2.